The first-order valence-corrected chi connectivity index (χ1v) is 7.93. The summed E-state index contributed by atoms with van der Waals surface area (Å²) in [6.07, 6.45) is 2.27. The van der Waals surface area contributed by atoms with Gasteiger partial charge in [-0.2, -0.15) is 0 Å². The third kappa shape index (κ3) is 6.55. The van der Waals surface area contributed by atoms with Gasteiger partial charge >= 0.3 is 0 Å². The monoisotopic (exact) mass is 312 g/mol. The zero-order chi connectivity index (χ0) is 13.4. The molecular weight excluding hydrogens is 288 g/mol. The van der Waals surface area contributed by atoms with E-state index in [0.717, 1.165) is 31.4 Å². The van der Waals surface area contributed by atoms with E-state index in [0.29, 0.717) is 11.8 Å². The van der Waals surface area contributed by atoms with Crippen LogP contribution in [0.4, 0.5) is 0 Å². The van der Waals surface area contributed by atoms with Gasteiger partial charge in [-0.25, -0.2) is 0 Å². The summed E-state index contributed by atoms with van der Waals surface area (Å²) in [5, 5.41) is 1.05. The number of benzene rings is 1. The van der Waals surface area contributed by atoms with Crippen molar-refractivity contribution in [1.82, 2.24) is 0 Å². The second kappa shape index (κ2) is 8.71. The summed E-state index contributed by atoms with van der Waals surface area (Å²) in [6, 6.07) is 8.85. The Hall–Kier alpha value is -0.340. The molecule has 102 valence electrons. The standard InChI is InChI=1S/C16H25BrO/c1-13(2)12-18-9-8-16(11-17)10-15-6-4-14(3)5-7-15/h4-7,13,16H,8-12H2,1-3H3. The Balaban J connectivity index is 2.30. The highest BCUT2D eigenvalue weighted by Gasteiger charge is 2.08. The molecule has 1 aromatic carbocycles. The minimum Gasteiger partial charge on any atom is -0.381 e. The molecular formula is C16H25BrO. The molecule has 0 saturated carbocycles. The van der Waals surface area contributed by atoms with Crippen LogP contribution >= 0.6 is 15.9 Å². The molecule has 0 N–H and O–H groups in total. The second-order valence-corrected chi connectivity index (χ2v) is 6.11. The van der Waals surface area contributed by atoms with Crippen LogP contribution in [-0.2, 0) is 11.2 Å². The SMILES string of the molecule is Cc1ccc(CC(CBr)CCOCC(C)C)cc1. The van der Waals surface area contributed by atoms with Crippen LogP contribution in [0, 0.1) is 18.8 Å². The lowest BCUT2D eigenvalue weighted by atomic mass is 9.98. The van der Waals surface area contributed by atoms with Gasteiger partial charge in [-0.3, -0.25) is 0 Å². The molecule has 0 spiro atoms. The highest BCUT2D eigenvalue weighted by Crippen LogP contribution is 2.16. The fraction of sp³-hybridized carbons (Fsp3) is 0.625. The van der Waals surface area contributed by atoms with Crippen LogP contribution in [-0.4, -0.2) is 18.5 Å². The molecule has 1 aromatic rings. The topological polar surface area (TPSA) is 9.23 Å². The molecule has 0 aromatic heterocycles. The molecule has 0 aliphatic carbocycles. The summed E-state index contributed by atoms with van der Waals surface area (Å²) in [7, 11) is 0. The number of hydrogen-bond acceptors (Lipinski definition) is 1. The molecule has 0 amide bonds. The molecule has 1 unspecified atom stereocenters. The summed E-state index contributed by atoms with van der Waals surface area (Å²) < 4.78 is 5.66. The summed E-state index contributed by atoms with van der Waals surface area (Å²) in [6.45, 7) is 8.26. The average molecular weight is 313 g/mol. The summed E-state index contributed by atoms with van der Waals surface area (Å²) in [4.78, 5) is 0. The summed E-state index contributed by atoms with van der Waals surface area (Å²) in [5.74, 6) is 1.30. The van der Waals surface area contributed by atoms with Crippen molar-refractivity contribution in [2.24, 2.45) is 11.8 Å². The highest BCUT2D eigenvalue weighted by molar-refractivity contribution is 9.09. The molecule has 2 heteroatoms. The van der Waals surface area contributed by atoms with Crippen molar-refractivity contribution in [3.63, 3.8) is 0 Å². The lowest BCUT2D eigenvalue weighted by molar-refractivity contribution is 0.0998. The van der Waals surface area contributed by atoms with Crippen molar-refractivity contribution in [2.45, 2.75) is 33.6 Å². The van der Waals surface area contributed by atoms with E-state index in [1.54, 1.807) is 0 Å². The van der Waals surface area contributed by atoms with Crippen molar-refractivity contribution in [2.75, 3.05) is 18.5 Å². The summed E-state index contributed by atoms with van der Waals surface area (Å²) >= 11 is 3.61. The Kier molecular flexibility index (Phi) is 7.60. The van der Waals surface area contributed by atoms with Crippen molar-refractivity contribution in [3.05, 3.63) is 35.4 Å². The molecule has 0 aliphatic heterocycles. The molecule has 1 nitrogen and oxygen atoms in total. The number of ether oxygens (including phenoxy) is 1. The van der Waals surface area contributed by atoms with Gasteiger partial charge in [0.2, 0.25) is 0 Å². The Morgan fingerprint density at radius 3 is 2.39 bits per heavy atom. The third-order valence-corrected chi connectivity index (χ3v) is 3.90. The highest BCUT2D eigenvalue weighted by atomic mass is 79.9. The normalized spacial score (nSPS) is 12.9. The molecule has 0 bridgehead atoms. The number of hydrogen-bond donors (Lipinski definition) is 0. The van der Waals surface area contributed by atoms with Gasteiger partial charge in [0.25, 0.3) is 0 Å². The van der Waals surface area contributed by atoms with Crippen LogP contribution in [0.1, 0.15) is 31.4 Å². The van der Waals surface area contributed by atoms with E-state index in [4.69, 9.17) is 4.74 Å². The van der Waals surface area contributed by atoms with Gasteiger partial charge in [0.05, 0.1) is 0 Å². The van der Waals surface area contributed by atoms with Crippen LogP contribution in [0.15, 0.2) is 24.3 Å². The minimum atomic E-state index is 0.629. The van der Waals surface area contributed by atoms with E-state index in [1.165, 1.54) is 11.1 Å². The van der Waals surface area contributed by atoms with Gasteiger partial charge in [0, 0.05) is 18.5 Å². The van der Waals surface area contributed by atoms with Crippen LogP contribution in [0.2, 0.25) is 0 Å². The number of alkyl halides is 1. The Morgan fingerprint density at radius 2 is 1.83 bits per heavy atom. The number of aryl methyl sites for hydroxylation is 1. The molecule has 0 radical (unpaired) electrons. The van der Waals surface area contributed by atoms with Crippen LogP contribution < -0.4 is 0 Å². The van der Waals surface area contributed by atoms with E-state index in [9.17, 15) is 0 Å². The first-order chi connectivity index (χ1) is 8.61. The maximum Gasteiger partial charge on any atom is 0.0488 e. The average Bonchev–Trinajstić information content (AvgIpc) is 2.35. The zero-order valence-electron chi connectivity index (χ0n) is 11.8. The first-order valence-electron chi connectivity index (χ1n) is 6.81. The van der Waals surface area contributed by atoms with Gasteiger partial charge in [-0.1, -0.05) is 59.6 Å². The summed E-state index contributed by atoms with van der Waals surface area (Å²) in [5.41, 5.74) is 2.75. The Labute approximate surface area is 120 Å². The first kappa shape index (κ1) is 15.7. The Bertz CT molecular complexity index is 318. The maximum absolute atomic E-state index is 5.66. The Morgan fingerprint density at radius 1 is 1.17 bits per heavy atom. The van der Waals surface area contributed by atoms with Crippen molar-refractivity contribution in [3.8, 4) is 0 Å². The van der Waals surface area contributed by atoms with E-state index in [2.05, 4.69) is 61.0 Å². The number of halogens is 1. The molecule has 0 heterocycles. The van der Waals surface area contributed by atoms with Crippen molar-refractivity contribution in [1.29, 1.82) is 0 Å². The molecule has 1 atom stereocenters. The fourth-order valence-corrected chi connectivity index (χ4v) is 2.41. The molecule has 1 rings (SSSR count). The molecule has 0 fully saturated rings. The van der Waals surface area contributed by atoms with Crippen LogP contribution in [0.25, 0.3) is 0 Å². The fourth-order valence-electron chi connectivity index (χ4n) is 1.86. The smallest absolute Gasteiger partial charge is 0.0488 e. The van der Waals surface area contributed by atoms with Gasteiger partial charge < -0.3 is 4.74 Å². The van der Waals surface area contributed by atoms with E-state index in [-0.39, 0.29) is 0 Å². The van der Waals surface area contributed by atoms with Gasteiger partial charge in [-0.05, 0) is 37.2 Å². The van der Waals surface area contributed by atoms with Gasteiger partial charge in [-0.15, -0.1) is 0 Å². The quantitative estimate of drug-likeness (QED) is 0.503. The third-order valence-electron chi connectivity index (χ3n) is 2.98. The van der Waals surface area contributed by atoms with E-state index >= 15 is 0 Å². The minimum absolute atomic E-state index is 0.629. The second-order valence-electron chi connectivity index (χ2n) is 5.47. The van der Waals surface area contributed by atoms with Crippen LogP contribution in [0.3, 0.4) is 0 Å². The van der Waals surface area contributed by atoms with E-state index in [1.807, 2.05) is 0 Å². The number of rotatable bonds is 8. The predicted molar refractivity (Wildman–Crippen MR) is 82.4 cm³/mol. The van der Waals surface area contributed by atoms with Crippen molar-refractivity contribution >= 4 is 15.9 Å². The molecule has 0 aliphatic rings. The van der Waals surface area contributed by atoms with Crippen molar-refractivity contribution < 1.29 is 4.74 Å². The lowest BCUT2D eigenvalue weighted by Gasteiger charge is -2.15. The largest absolute Gasteiger partial charge is 0.381 e. The van der Waals surface area contributed by atoms with Gasteiger partial charge in [0.1, 0.15) is 0 Å². The lowest BCUT2D eigenvalue weighted by Crippen LogP contribution is -2.12. The van der Waals surface area contributed by atoms with E-state index < -0.39 is 0 Å². The molecule has 0 saturated heterocycles. The maximum atomic E-state index is 5.66. The zero-order valence-corrected chi connectivity index (χ0v) is 13.4. The van der Waals surface area contributed by atoms with Crippen LogP contribution in [0.5, 0.6) is 0 Å². The molecule has 18 heavy (non-hydrogen) atoms. The predicted octanol–water partition coefficient (Wildman–Crippen LogP) is 4.61. The van der Waals surface area contributed by atoms with Gasteiger partial charge in [0.15, 0.2) is 0 Å².